The second kappa shape index (κ2) is 4.65. The van der Waals surface area contributed by atoms with Crippen molar-refractivity contribution in [3.63, 3.8) is 0 Å². The highest BCUT2D eigenvalue weighted by molar-refractivity contribution is 9.09. The second-order valence-electron chi connectivity index (χ2n) is 5.03. The molecule has 0 saturated heterocycles. The van der Waals surface area contributed by atoms with Crippen molar-refractivity contribution < 1.29 is 4.79 Å². The van der Waals surface area contributed by atoms with E-state index in [0.29, 0.717) is 0 Å². The first-order valence-electron chi connectivity index (χ1n) is 5.10. The Hall–Kier alpha value is -0.0500. The lowest BCUT2D eigenvalue weighted by Crippen LogP contribution is -2.52. The molecule has 14 heavy (non-hydrogen) atoms. The van der Waals surface area contributed by atoms with Gasteiger partial charge in [-0.15, -0.1) is 0 Å². The molecule has 0 aliphatic heterocycles. The normalized spacial score (nSPS) is 15.1. The van der Waals surface area contributed by atoms with E-state index >= 15 is 0 Å². The van der Waals surface area contributed by atoms with Gasteiger partial charge >= 0.3 is 0 Å². The van der Waals surface area contributed by atoms with Crippen molar-refractivity contribution in [3.8, 4) is 0 Å². The van der Waals surface area contributed by atoms with Gasteiger partial charge in [-0.1, -0.05) is 43.6 Å². The van der Waals surface area contributed by atoms with E-state index in [-0.39, 0.29) is 21.7 Å². The van der Waals surface area contributed by atoms with Gasteiger partial charge in [0.2, 0.25) is 5.91 Å². The molecule has 3 heteroatoms. The largest absolute Gasteiger partial charge is 0.350 e. The van der Waals surface area contributed by atoms with Gasteiger partial charge in [-0.2, -0.15) is 0 Å². The summed E-state index contributed by atoms with van der Waals surface area (Å²) in [6.07, 6.45) is 0.853. The third-order valence-electron chi connectivity index (χ3n) is 2.93. The lowest BCUT2D eigenvalue weighted by Gasteiger charge is -2.33. The minimum Gasteiger partial charge on any atom is -0.350 e. The molecule has 1 amide bonds. The van der Waals surface area contributed by atoms with E-state index in [9.17, 15) is 4.79 Å². The Bertz CT molecular complexity index is 209. The number of hydrogen-bond donors (Lipinski definition) is 1. The SMILES string of the molecule is CCC(C)(C)C(=O)NC(C)(C)C(C)Br. The molecule has 0 aromatic rings. The Morgan fingerprint density at radius 2 is 1.79 bits per heavy atom. The molecular weight excluding hydrogens is 242 g/mol. The summed E-state index contributed by atoms with van der Waals surface area (Å²) in [6, 6.07) is 0. The van der Waals surface area contributed by atoms with Crippen molar-refractivity contribution in [1.29, 1.82) is 0 Å². The Kier molecular flexibility index (Phi) is 4.63. The average Bonchev–Trinajstić information content (AvgIpc) is 2.03. The summed E-state index contributed by atoms with van der Waals surface area (Å²) in [5, 5.41) is 3.06. The van der Waals surface area contributed by atoms with Gasteiger partial charge in [0, 0.05) is 15.8 Å². The molecule has 0 fully saturated rings. The number of alkyl halides is 1. The maximum Gasteiger partial charge on any atom is 0.226 e. The van der Waals surface area contributed by atoms with Crippen LogP contribution in [0.25, 0.3) is 0 Å². The van der Waals surface area contributed by atoms with E-state index in [1.54, 1.807) is 0 Å². The summed E-state index contributed by atoms with van der Waals surface area (Å²) >= 11 is 3.50. The van der Waals surface area contributed by atoms with Gasteiger partial charge in [0.1, 0.15) is 0 Å². The number of halogens is 1. The van der Waals surface area contributed by atoms with Crippen LogP contribution < -0.4 is 5.32 Å². The van der Waals surface area contributed by atoms with Crippen LogP contribution in [-0.2, 0) is 4.79 Å². The van der Waals surface area contributed by atoms with Crippen LogP contribution in [0.1, 0.15) is 48.0 Å². The quantitative estimate of drug-likeness (QED) is 0.777. The number of carbonyl (C=O) groups is 1. The van der Waals surface area contributed by atoms with Crippen LogP contribution >= 0.6 is 15.9 Å². The summed E-state index contributed by atoms with van der Waals surface area (Å²) < 4.78 is 0. The maximum atomic E-state index is 11.9. The Morgan fingerprint density at radius 3 is 2.07 bits per heavy atom. The van der Waals surface area contributed by atoms with Gasteiger partial charge in [-0.25, -0.2) is 0 Å². The Balaban J connectivity index is 4.48. The summed E-state index contributed by atoms with van der Waals surface area (Å²) in [5.74, 6) is 0.122. The van der Waals surface area contributed by atoms with Crippen LogP contribution in [0.3, 0.4) is 0 Å². The topological polar surface area (TPSA) is 29.1 Å². The van der Waals surface area contributed by atoms with Gasteiger partial charge in [0.15, 0.2) is 0 Å². The monoisotopic (exact) mass is 263 g/mol. The third-order valence-corrected chi connectivity index (χ3v) is 4.07. The maximum absolute atomic E-state index is 11.9. The van der Waals surface area contributed by atoms with Crippen molar-refractivity contribution in [3.05, 3.63) is 0 Å². The molecule has 84 valence electrons. The molecule has 1 unspecified atom stereocenters. The van der Waals surface area contributed by atoms with Crippen molar-refractivity contribution in [1.82, 2.24) is 5.32 Å². The molecule has 0 saturated carbocycles. The van der Waals surface area contributed by atoms with E-state index in [0.717, 1.165) is 6.42 Å². The van der Waals surface area contributed by atoms with E-state index in [1.807, 2.05) is 41.5 Å². The van der Waals surface area contributed by atoms with Gasteiger partial charge in [0.05, 0.1) is 0 Å². The number of rotatable bonds is 4. The zero-order valence-corrected chi connectivity index (χ0v) is 11.7. The lowest BCUT2D eigenvalue weighted by atomic mass is 9.87. The number of carbonyl (C=O) groups excluding carboxylic acids is 1. The van der Waals surface area contributed by atoms with Gasteiger partial charge in [-0.3, -0.25) is 4.79 Å². The molecule has 0 heterocycles. The molecule has 1 N–H and O–H groups in total. The average molecular weight is 264 g/mol. The second-order valence-corrected chi connectivity index (χ2v) is 6.40. The van der Waals surface area contributed by atoms with E-state index < -0.39 is 0 Å². The van der Waals surface area contributed by atoms with E-state index in [1.165, 1.54) is 0 Å². The Labute approximate surface area is 96.0 Å². The predicted molar refractivity (Wildman–Crippen MR) is 64.7 cm³/mol. The number of hydrogen-bond acceptors (Lipinski definition) is 1. The molecule has 0 aliphatic rings. The fraction of sp³-hybridized carbons (Fsp3) is 0.909. The van der Waals surface area contributed by atoms with Crippen molar-refractivity contribution >= 4 is 21.8 Å². The highest BCUT2D eigenvalue weighted by Gasteiger charge is 2.32. The first-order chi connectivity index (χ1) is 6.13. The zero-order valence-electron chi connectivity index (χ0n) is 10.1. The standard InChI is InChI=1S/C11H22BrNO/c1-7-10(3,4)9(14)13-11(5,6)8(2)12/h8H,7H2,1-6H3,(H,13,14). The molecule has 0 bridgehead atoms. The molecule has 0 aromatic carbocycles. The molecule has 0 rings (SSSR count). The minimum atomic E-state index is -0.279. The smallest absolute Gasteiger partial charge is 0.226 e. The predicted octanol–water partition coefficient (Wildman–Crippen LogP) is 3.10. The van der Waals surface area contributed by atoms with Gasteiger partial charge < -0.3 is 5.32 Å². The third kappa shape index (κ3) is 3.60. The Morgan fingerprint density at radius 1 is 1.36 bits per heavy atom. The van der Waals surface area contributed by atoms with E-state index in [2.05, 4.69) is 21.2 Å². The highest BCUT2D eigenvalue weighted by atomic mass is 79.9. The molecule has 0 radical (unpaired) electrons. The van der Waals surface area contributed by atoms with Crippen LogP contribution in [-0.4, -0.2) is 16.3 Å². The van der Waals surface area contributed by atoms with E-state index in [4.69, 9.17) is 0 Å². The molecule has 2 nitrogen and oxygen atoms in total. The van der Waals surface area contributed by atoms with Crippen molar-refractivity contribution in [2.75, 3.05) is 0 Å². The van der Waals surface area contributed by atoms with Crippen molar-refractivity contribution in [2.24, 2.45) is 5.41 Å². The first kappa shape index (κ1) is 13.9. The molecular formula is C11H22BrNO. The molecule has 0 aliphatic carbocycles. The zero-order chi connectivity index (χ0) is 11.6. The van der Waals surface area contributed by atoms with Gasteiger partial charge in [0.25, 0.3) is 0 Å². The van der Waals surface area contributed by atoms with Crippen LogP contribution in [0.2, 0.25) is 0 Å². The van der Waals surface area contributed by atoms with Crippen LogP contribution in [0.15, 0.2) is 0 Å². The summed E-state index contributed by atoms with van der Waals surface area (Å²) in [5.41, 5.74) is -0.483. The van der Waals surface area contributed by atoms with Crippen LogP contribution in [0, 0.1) is 5.41 Å². The van der Waals surface area contributed by atoms with Crippen LogP contribution in [0.4, 0.5) is 0 Å². The number of amides is 1. The molecule has 0 aromatic heterocycles. The van der Waals surface area contributed by atoms with Crippen LogP contribution in [0.5, 0.6) is 0 Å². The summed E-state index contributed by atoms with van der Waals surface area (Å²) in [4.78, 5) is 12.1. The highest BCUT2D eigenvalue weighted by Crippen LogP contribution is 2.23. The van der Waals surface area contributed by atoms with Crippen molar-refractivity contribution in [2.45, 2.75) is 58.3 Å². The van der Waals surface area contributed by atoms with Gasteiger partial charge in [-0.05, 0) is 20.3 Å². The fourth-order valence-corrected chi connectivity index (χ4v) is 0.836. The summed E-state index contributed by atoms with van der Waals surface area (Å²) in [6.45, 7) is 12.1. The molecule has 0 spiro atoms. The number of nitrogens with one attached hydrogen (secondary N) is 1. The minimum absolute atomic E-state index is 0.122. The fourth-order valence-electron chi connectivity index (χ4n) is 0.722. The summed E-state index contributed by atoms with van der Waals surface area (Å²) in [7, 11) is 0. The lowest BCUT2D eigenvalue weighted by molar-refractivity contribution is -0.131. The molecule has 1 atom stereocenters. The first-order valence-corrected chi connectivity index (χ1v) is 6.01.